The van der Waals surface area contributed by atoms with Gasteiger partial charge in [0.05, 0.1) is 22.7 Å². The Morgan fingerprint density at radius 1 is 0.947 bits per heavy atom. The summed E-state index contributed by atoms with van der Waals surface area (Å²) < 4.78 is 2.20. The molecular weight excluding hydrogens is 500 g/mol. The van der Waals surface area contributed by atoms with Gasteiger partial charge >= 0.3 is 0 Å². The number of anilines is 2. The van der Waals surface area contributed by atoms with Gasteiger partial charge in [-0.15, -0.1) is 12.4 Å². The minimum absolute atomic E-state index is 0. The number of hydrogen-bond donors (Lipinski definition) is 4. The lowest BCUT2D eigenvalue weighted by Crippen LogP contribution is -2.29. The Morgan fingerprint density at radius 2 is 1.66 bits per heavy atom. The van der Waals surface area contributed by atoms with E-state index in [0.29, 0.717) is 11.3 Å². The Labute approximate surface area is 226 Å². The first-order chi connectivity index (χ1) is 18.0. The van der Waals surface area contributed by atoms with Crippen molar-refractivity contribution >= 4 is 51.8 Å². The number of fused-ring (bicyclic) bond motifs is 3. The van der Waals surface area contributed by atoms with Gasteiger partial charge in [-0.3, -0.25) is 4.79 Å². The molecule has 0 spiro atoms. The van der Waals surface area contributed by atoms with E-state index in [1.165, 1.54) is 0 Å². The number of para-hydroxylation sites is 1. The van der Waals surface area contributed by atoms with Gasteiger partial charge < -0.3 is 26.5 Å². The van der Waals surface area contributed by atoms with Crippen LogP contribution in [-0.4, -0.2) is 37.7 Å². The van der Waals surface area contributed by atoms with Crippen molar-refractivity contribution in [2.45, 2.75) is 37.8 Å². The van der Waals surface area contributed by atoms with Crippen LogP contribution >= 0.6 is 12.4 Å². The third-order valence-electron chi connectivity index (χ3n) is 7.26. The van der Waals surface area contributed by atoms with Gasteiger partial charge in [0, 0.05) is 46.1 Å². The molecule has 0 unspecified atom stereocenters. The van der Waals surface area contributed by atoms with Crippen molar-refractivity contribution in [1.82, 2.24) is 14.5 Å². The Morgan fingerprint density at radius 3 is 2.39 bits per heavy atom. The van der Waals surface area contributed by atoms with E-state index in [1.54, 1.807) is 18.5 Å². The zero-order valence-corrected chi connectivity index (χ0v) is 21.5. The SMILES string of the molecule is Cl.NC(=O)c1ccc(-n2c3ccccc3c3c(-c4cnc(N)nc4)cccc32)cc1N[C@H]1CC[C@H](O)CC1. The molecular formula is C29H29ClN6O2. The second-order valence-corrected chi connectivity index (χ2v) is 9.63. The van der Waals surface area contributed by atoms with Crippen LogP contribution in [0.3, 0.4) is 0 Å². The van der Waals surface area contributed by atoms with E-state index in [4.69, 9.17) is 11.5 Å². The molecule has 3 aromatic carbocycles. The number of aliphatic hydroxyl groups is 1. The lowest BCUT2D eigenvalue weighted by atomic mass is 9.92. The fraction of sp³-hybridized carbons (Fsp3) is 0.207. The molecule has 38 heavy (non-hydrogen) atoms. The van der Waals surface area contributed by atoms with Crippen molar-refractivity contribution in [3.63, 3.8) is 0 Å². The third-order valence-corrected chi connectivity index (χ3v) is 7.26. The molecule has 2 aromatic heterocycles. The smallest absolute Gasteiger partial charge is 0.250 e. The number of primary amides is 1. The molecule has 6 rings (SSSR count). The maximum atomic E-state index is 12.3. The number of halogens is 1. The number of aliphatic hydroxyl groups excluding tert-OH is 1. The van der Waals surface area contributed by atoms with Gasteiger partial charge in [-0.1, -0.05) is 30.3 Å². The molecule has 0 aliphatic heterocycles. The zero-order chi connectivity index (χ0) is 25.5. The summed E-state index contributed by atoms with van der Waals surface area (Å²) >= 11 is 0. The summed E-state index contributed by atoms with van der Waals surface area (Å²) in [7, 11) is 0. The summed E-state index contributed by atoms with van der Waals surface area (Å²) in [5.74, 6) is -0.238. The van der Waals surface area contributed by atoms with Crippen LogP contribution in [0.2, 0.25) is 0 Å². The van der Waals surface area contributed by atoms with Gasteiger partial charge in [0.2, 0.25) is 5.95 Å². The zero-order valence-electron chi connectivity index (χ0n) is 20.7. The van der Waals surface area contributed by atoms with Crippen molar-refractivity contribution in [1.29, 1.82) is 0 Å². The van der Waals surface area contributed by atoms with Gasteiger partial charge in [-0.05, 0) is 61.6 Å². The molecule has 8 nitrogen and oxygen atoms in total. The molecule has 0 atom stereocenters. The number of rotatable bonds is 5. The first-order valence-corrected chi connectivity index (χ1v) is 12.5. The van der Waals surface area contributed by atoms with Crippen LogP contribution in [0.4, 0.5) is 11.6 Å². The Hall–Kier alpha value is -4.14. The largest absolute Gasteiger partial charge is 0.393 e. The number of nitrogen functional groups attached to an aromatic ring is 1. The van der Waals surface area contributed by atoms with E-state index in [1.807, 2.05) is 30.3 Å². The van der Waals surface area contributed by atoms with Gasteiger partial charge in [0.1, 0.15) is 0 Å². The van der Waals surface area contributed by atoms with Crippen LogP contribution in [0, 0.1) is 0 Å². The minimum atomic E-state index is -0.474. The molecule has 0 saturated heterocycles. The number of aromatic nitrogens is 3. The average Bonchev–Trinajstić information content (AvgIpc) is 3.25. The predicted octanol–water partition coefficient (Wildman–Crippen LogP) is 5.06. The summed E-state index contributed by atoms with van der Waals surface area (Å²) in [5.41, 5.74) is 17.5. The highest BCUT2D eigenvalue weighted by atomic mass is 35.5. The highest BCUT2D eigenvalue weighted by Gasteiger charge is 2.22. The second-order valence-electron chi connectivity index (χ2n) is 9.63. The molecule has 0 bridgehead atoms. The monoisotopic (exact) mass is 528 g/mol. The summed E-state index contributed by atoms with van der Waals surface area (Å²) in [6.45, 7) is 0. The molecule has 9 heteroatoms. The van der Waals surface area contributed by atoms with Crippen LogP contribution in [0.5, 0.6) is 0 Å². The molecule has 1 amide bonds. The molecule has 0 radical (unpaired) electrons. The van der Waals surface area contributed by atoms with Crippen LogP contribution in [0.1, 0.15) is 36.0 Å². The Bertz CT molecular complexity index is 1620. The van der Waals surface area contributed by atoms with E-state index in [9.17, 15) is 9.90 Å². The Kier molecular flexibility index (Phi) is 6.93. The second kappa shape index (κ2) is 10.3. The van der Waals surface area contributed by atoms with E-state index in [-0.39, 0.29) is 30.5 Å². The fourth-order valence-electron chi connectivity index (χ4n) is 5.46. The van der Waals surface area contributed by atoms with Crippen molar-refractivity contribution in [2.75, 3.05) is 11.1 Å². The number of carbonyl (C=O) groups excluding carboxylic acids is 1. The van der Waals surface area contributed by atoms with Gasteiger partial charge in [0.25, 0.3) is 5.91 Å². The maximum Gasteiger partial charge on any atom is 0.250 e. The number of nitrogens with zero attached hydrogens (tertiary/aromatic N) is 3. The van der Waals surface area contributed by atoms with Crippen LogP contribution in [-0.2, 0) is 0 Å². The van der Waals surface area contributed by atoms with Crippen molar-refractivity contribution in [2.24, 2.45) is 5.73 Å². The van der Waals surface area contributed by atoms with Crippen LogP contribution in [0.15, 0.2) is 73.1 Å². The molecule has 5 aromatic rings. The van der Waals surface area contributed by atoms with Crippen LogP contribution in [0.25, 0.3) is 38.6 Å². The quantitative estimate of drug-likeness (QED) is 0.252. The third kappa shape index (κ3) is 4.53. The van der Waals surface area contributed by atoms with Crippen LogP contribution < -0.4 is 16.8 Å². The molecule has 1 aliphatic carbocycles. The summed E-state index contributed by atoms with van der Waals surface area (Å²) in [5, 5.41) is 15.6. The molecule has 1 fully saturated rings. The molecule has 2 heterocycles. The van der Waals surface area contributed by atoms with Gasteiger partial charge in [-0.25, -0.2) is 9.97 Å². The highest BCUT2D eigenvalue weighted by molar-refractivity contribution is 6.15. The summed E-state index contributed by atoms with van der Waals surface area (Å²) in [6.07, 6.45) is 6.40. The first-order valence-electron chi connectivity index (χ1n) is 12.5. The number of amides is 1. The molecule has 1 saturated carbocycles. The summed E-state index contributed by atoms with van der Waals surface area (Å²) in [6, 6.07) is 20.3. The fourth-order valence-corrected chi connectivity index (χ4v) is 5.46. The normalized spacial score (nSPS) is 17.3. The van der Waals surface area contributed by atoms with Crippen molar-refractivity contribution in [3.8, 4) is 16.8 Å². The first kappa shape index (κ1) is 25.5. The molecule has 1 aliphatic rings. The summed E-state index contributed by atoms with van der Waals surface area (Å²) in [4.78, 5) is 20.7. The average molecular weight is 529 g/mol. The number of nitrogens with one attached hydrogen (secondary N) is 1. The number of hydrogen-bond acceptors (Lipinski definition) is 6. The number of benzene rings is 3. The molecule has 194 valence electrons. The van der Waals surface area contributed by atoms with E-state index in [2.05, 4.69) is 44.1 Å². The topological polar surface area (TPSA) is 132 Å². The van der Waals surface area contributed by atoms with Crippen molar-refractivity contribution < 1.29 is 9.90 Å². The standard InChI is InChI=1S/C29H28N6O2.ClH/c30-28(37)22-13-10-19(14-24(22)34-18-8-11-20(36)12-9-18)35-25-6-2-1-4-23(25)27-21(5-3-7-26(27)35)17-15-32-29(31)33-16-17;/h1-7,10,13-16,18,20,34,36H,8-9,11-12H2,(H2,30,37)(H2,31,32,33);1H/t18-,20-;. The van der Waals surface area contributed by atoms with E-state index in [0.717, 1.165) is 64.3 Å². The van der Waals surface area contributed by atoms with Gasteiger partial charge in [0.15, 0.2) is 0 Å². The lowest BCUT2D eigenvalue weighted by molar-refractivity contribution is 0.100. The number of nitrogens with two attached hydrogens (primary N) is 2. The Balaban J connectivity index is 0.00000294. The predicted molar refractivity (Wildman–Crippen MR) is 154 cm³/mol. The maximum absolute atomic E-state index is 12.3. The minimum Gasteiger partial charge on any atom is -0.393 e. The van der Waals surface area contributed by atoms with Gasteiger partial charge in [-0.2, -0.15) is 0 Å². The molecule has 6 N–H and O–H groups in total. The van der Waals surface area contributed by atoms with E-state index < -0.39 is 5.91 Å². The highest BCUT2D eigenvalue weighted by Crippen LogP contribution is 2.39. The lowest BCUT2D eigenvalue weighted by Gasteiger charge is -2.28. The van der Waals surface area contributed by atoms with E-state index >= 15 is 0 Å². The number of carbonyl (C=O) groups is 1. The van der Waals surface area contributed by atoms with Crippen molar-refractivity contribution in [3.05, 3.63) is 78.6 Å².